The summed E-state index contributed by atoms with van der Waals surface area (Å²) < 4.78 is 5.03. The molecule has 0 radical (unpaired) electrons. The first-order chi connectivity index (χ1) is 8.78. The van der Waals surface area contributed by atoms with Gasteiger partial charge in [-0.2, -0.15) is 4.98 Å². The summed E-state index contributed by atoms with van der Waals surface area (Å²) in [5.74, 6) is 0. The lowest BCUT2D eigenvalue weighted by Crippen LogP contribution is -1.86. The molecule has 2 heterocycles. The number of H-pyrrole nitrogens is 1. The molecule has 0 saturated carbocycles. The van der Waals surface area contributed by atoms with Crippen LogP contribution in [0.2, 0.25) is 5.02 Å². The summed E-state index contributed by atoms with van der Waals surface area (Å²) in [5.41, 5.74) is 3.04. The first kappa shape index (κ1) is 11.0. The second kappa shape index (κ2) is 4.31. The Hall–Kier alpha value is -2.07. The standard InChI is InChI=1S/C13H10ClN3O/c1-18-13-15-10-7-9(14)11(16-12(10)17-13)8-5-3-2-4-6-8/h2-7H,1H3,(H,15,16,17). The zero-order chi connectivity index (χ0) is 12.5. The van der Waals surface area contributed by atoms with Crippen LogP contribution in [0, 0.1) is 0 Å². The van der Waals surface area contributed by atoms with Crippen molar-refractivity contribution in [1.82, 2.24) is 15.0 Å². The van der Waals surface area contributed by atoms with E-state index in [2.05, 4.69) is 15.0 Å². The van der Waals surface area contributed by atoms with Crippen molar-refractivity contribution in [2.75, 3.05) is 7.11 Å². The summed E-state index contributed by atoms with van der Waals surface area (Å²) in [6.45, 7) is 0. The van der Waals surface area contributed by atoms with Crippen LogP contribution in [0.3, 0.4) is 0 Å². The summed E-state index contributed by atoms with van der Waals surface area (Å²) in [6.07, 6.45) is 0. The van der Waals surface area contributed by atoms with Gasteiger partial charge in [0.2, 0.25) is 0 Å². The Kier molecular flexibility index (Phi) is 2.64. The highest BCUT2D eigenvalue weighted by atomic mass is 35.5. The maximum absolute atomic E-state index is 6.24. The second-order valence-corrected chi connectivity index (χ2v) is 4.21. The SMILES string of the molecule is COc1nc2nc(-c3ccccc3)c(Cl)cc2[nH]1. The Morgan fingerprint density at radius 3 is 2.67 bits per heavy atom. The lowest BCUT2D eigenvalue weighted by molar-refractivity contribution is 0.386. The molecule has 0 fully saturated rings. The lowest BCUT2D eigenvalue weighted by atomic mass is 10.1. The number of aromatic nitrogens is 3. The van der Waals surface area contributed by atoms with E-state index < -0.39 is 0 Å². The van der Waals surface area contributed by atoms with Crippen molar-refractivity contribution in [3.63, 3.8) is 0 Å². The highest BCUT2D eigenvalue weighted by molar-refractivity contribution is 6.33. The van der Waals surface area contributed by atoms with E-state index in [4.69, 9.17) is 16.3 Å². The number of pyridine rings is 1. The minimum Gasteiger partial charge on any atom is -0.468 e. The minimum absolute atomic E-state index is 0.429. The summed E-state index contributed by atoms with van der Waals surface area (Å²) in [4.78, 5) is 11.7. The van der Waals surface area contributed by atoms with E-state index in [1.807, 2.05) is 36.4 Å². The first-order valence-corrected chi connectivity index (χ1v) is 5.81. The number of aromatic amines is 1. The summed E-state index contributed by atoms with van der Waals surface area (Å²) in [7, 11) is 1.55. The van der Waals surface area contributed by atoms with Crippen molar-refractivity contribution in [2.45, 2.75) is 0 Å². The average Bonchev–Trinajstić information content (AvgIpc) is 2.80. The molecule has 1 aromatic carbocycles. The predicted octanol–water partition coefficient (Wildman–Crippen LogP) is 3.29. The van der Waals surface area contributed by atoms with Crippen molar-refractivity contribution < 1.29 is 4.74 Å². The summed E-state index contributed by atoms with van der Waals surface area (Å²) in [5, 5.41) is 0.583. The van der Waals surface area contributed by atoms with E-state index in [0.29, 0.717) is 16.7 Å². The maximum Gasteiger partial charge on any atom is 0.295 e. The molecular formula is C13H10ClN3O. The molecule has 0 aliphatic carbocycles. The zero-order valence-corrected chi connectivity index (χ0v) is 10.4. The van der Waals surface area contributed by atoms with E-state index in [0.717, 1.165) is 16.8 Å². The van der Waals surface area contributed by atoms with Crippen LogP contribution in [0.15, 0.2) is 36.4 Å². The Bertz CT molecular complexity index is 694. The van der Waals surface area contributed by atoms with Crippen molar-refractivity contribution in [3.8, 4) is 17.3 Å². The van der Waals surface area contributed by atoms with Crippen LogP contribution < -0.4 is 4.74 Å². The van der Waals surface area contributed by atoms with Gasteiger partial charge in [-0.05, 0) is 6.07 Å². The molecule has 0 bridgehead atoms. The number of ether oxygens (including phenoxy) is 1. The molecule has 90 valence electrons. The largest absolute Gasteiger partial charge is 0.468 e. The topological polar surface area (TPSA) is 50.8 Å². The van der Waals surface area contributed by atoms with Crippen LogP contribution in [0.25, 0.3) is 22.4 Å². The number of nitrogens with zero attached hydrogens (tertiary/aromatic N) is 2. The van der Waals surface area contributed by atoms with Gasteiger partial charge in [0.15, 0.2) is 5.65 Å². The molecule has 4 nitrogen and oxygen atoms in total. The number of hydrogen-bond acceptors (Lipinski definition) is 3. The van der Waals surface area contributed by atoms with Gasteiger partial charge in [-0.25, -0.2) is 4.98 Å². The van der Waals surface area contributed by atoms with Crippen molar-refractivity contribution in [3.05, 3.63) is 41.4 Å². The molecule has 0 saturated heterocycles. The van der Waals surface area contributed by atoms with Crippen molar-refractivity contribution in [2.24, 2.45) is 0 Å². The highest BCUT2D eigenvalue weighted by Crippen LogP contribution is 2.29. The van der Waals surface area contributed by atoms with Crippen molar-refractivity contribution >= 4 is 22.8 Å². The monoisotopic (exact) mass is 259 g/mol. The van der Waals surface area contributed by atoms with Crippen LogP contribution in [-0.4, -0.2) is 22.1 Å². The third-order valence-corrected chi connectivity index (χ3v) is 2.93. The lowest BCUT2D eigenvalue weighted by Gasteiger charge is -2.02. The zero-order valence-electron chi connectivity index (χ0n) is 9.64. The predicted molar refractivity (Wildman–Crippen MR) is 70.9 cm³/mol. The fourth-order valence-electron chi connectivity index (χ4n) is 1.79. The van der Waals surface area contributed by atoms with Crippen LogP contribution in [0.4, 0.5) is 0 Å². The van der Waals surface area contributed by atoms with Crippen molar-refractivity contribution in [1.29, 1.82) is 0 Å². The molecule has 5 heteroatoms. The molecule has 0 amide bonds. The number of nitrogens with one attached hydrogen (secondary N) is 1. The molecule has 0 atom stereocenters. The molecule has 18 heavy (non-hydrogen) atoms. The number of benzene rings is 1. The van der Waals surface area contributed by atoms with Gasteiger partial charge in [0.1, 0.15) is 0 Å². The Labute approximate surface area is 109 Å². The molecule has 0 unspecified atom stereocenters. The van der Waals surface area contributed by atoms with E-state index in [9.17, 15) is 0 Å². The van der Waals surface area contributed by atoms with Crippen LogP contribution in [0.5, 0.6) is 6.01 Å². The number of methoxy groups -OCH3 is 1. The van der Waals surface area contributed by atoms with Crippen LogP contribution >= 0.6 is 11.6 Å². The van der Waals surface area contributed by atoms with Gasteiger partial charge in [0, 0.05) is 5.56 Å². The third kappa shape index (κ3) is 1.80. The van der Waals surface area contributed by atoms with Crippen LogP contribution in [0.1, 0.15) is 0 Å². The fraction of sp³-hybridized carbons (Fsp3) is 0.0769. The second-order valence-electron chi connectivity index (χ2n) is 3.80. The molecule has 2 aromatic heterocycles. The maximum atomic E-state index is 6.24. The van der Waals surface area contributed by atoms with Gasteiger partial charge in [-0.3, -0.25) is 0 Å². The number of hydrogen-bond donors (Lipinski definition) is 1. The van der Waals surface area contributed by atoms with Gasteiger partial charge in [-0.15, -0.1) is 0 Å². The molecule has 3 aromatic rings. The summed E-state index contributed by atoms with van der Waals surface area (Å²) >= 11 is 6.24. The van der Waals surface area contributed by atoms with E-state index in [1.165, 1.54) is 0 Å². The van der Waals surface area contributed by atoms with Gasteiger partial charge in [0.25, 0.3) is 6.01 Å². The molecule has 0 spiro atoms. The van der Waals surface area contributed by atoms with Gasteiger partial charge < -0.3 is 9.72 Å². The molecule has 1 N–H and O–H groups in total. The molecule has 0 aliphatic rings. The summed E-state index contributed by atoms with van der Waals surface area (Å²) in [6, 6.07) is 12.0. The Balaban J connectivity index is 2.21. The Morgan fingerprint density at radius 2 is 1.94 bits per heavy atom. The number of imidazole rings is 1. The van der Waals surface area contributed by atoms with Gasteiger partial charge in [0.05, 0.1) is 23.3 Å². The first-order valence-electron chi connectivity index (χ1n) is 5.43. The third-order valence-electron chi connectivity index (χ3n) is 2.65. The normalized spacial score (nSPS) is 10.8. The van der Waals surface area contributed by atoms with E-state index >= 15 is 0 Å². The fourth-order valence-corrected chi connectivity index (χ4v) is 2.05. The van der Waals surface area contributed by atoms with E-state index in [-0.39, 0.29) is 0 Å². The number of fused-ring (bicyclic) bond motifs is 1. The molecule has 0 aliphatic heterocycles. The molecular weight excluding hydrogens is 250 g/mol. The number of halogens is 1. The minimum atomic E-state index is 0.429. The highest BCUT2D eigenvalue weighted by Gasteiger charge is 2.10. The molecule has 3 rings (SSSR count). The Morgan fingerprint density at radius 1 is 1.17 bits per heavy atom. The van der Waals surface area contributed by atoms with E-state index in [1.54, 1.807) is 7.11 Å². The van der Waals surface area contributed by atoms with Gasteiger partial charge in [-0.1, -0.05) is 41.9 Å². The number of rotatable bonds is 2. The average molecular weight is 260 g/mol. The smallest absolute Gasteiger partial charge is 0.295 e. The van der Waals surface area contributed by atoms with Gasteiger partial charge >= 0.3 is 0 Å². The quantitative estimate of drug-likeness (QED) is 0.768. The van der Waals surface area contributed by atoms with Crippen LogP contribution in [-0.2, 0) is 0 Å².